The molecule has 8 atom stereocenters. The first-order valence-electron chi connectivity index (χ1n) is 17.0. The zero-order valence-corrected chi connectivity index (χ0v) is 32.5. The molecule has 54 heavy (non-hydrogen) atoms. The molecule has 0 spiro atoms. The second-order valence-electron chi connectivity index (χ2n) is 13.0. The summed E-state index contributed by atoms with van der Waals surface area (Å²) in [6.07, 6.45) is -5.57. The number of esters is 2. The van der Waals surface area contributed by atoms with Gasteiger partial charge in [-0.2, -0.15) is 10.2 Å². The molecule has 1 fully saturated rings. The molecule has 2 aromatic carbocycles. The molecule has 1 aliphatic heterocycles. The third-order valence-corrected chi connectivity index (χ3v) is 10.8. The maximum atomic E-state index is 17.3. The SMILES string of the molecule is CC(C)OC(=O)[C@H](C)NP(=O)(OC[C@H]1O[C@@H](n2ccc(=O)[nH]c2=O)[C@](C)(F)[C@@H]1OP(=O)(N[C@@H](C)C(=O)OC(C)C)Oc1ccccc1)Oc1ccccc1. The van der Waals surface area contributed by atoms with Crippen LogP contribution in [0.5, 0.6) is 11.5 Å². The molecule has 2 heterocycles. The van der Waals surface area contributed by atoms with Crippen LogP contribution in [0.1, 0.15) is 54.7 Å². The van der Waals surface area contributed by atoms with Gasteiger partial charge in [0.1, 0.15) is 35.8 Å². The number of nitrogens with one attached hydrogen (secondary N) is 3. The summed E-state index contributed by atoms with van der Waals surface area (Å²) in [5.74, 6) is -1.54. The summed E-state index contributed by atoms with van der Waals surface area (Å²) in [4.78, 5) is 52.2. The lowest BCUT2D eigenvalue weighted by atomic mass is 9.98. The minimum absolute atomic E-state index is 0.00525. The molecule has 4 rings (SSSR count). The summed E-state index contributed by atoms with van der Waals surface area (Å²) < 4.78 is 86.4. The van der Waals surface area contributed by atoms with Crippen molar-refractivity contribution in [3.8, 4) is 11.5 Å². The topological polar surface area (TPSA) is 212 Å². The van der Waals surface area contributed by atoms with Crippen LogP contribution < -0.4 is 30.5 Å². The molecule has 0 bridgehead atoms. The van der Waals surface area contributed by atoms with Crippen molar-refractivity contribution in [2.24, 2.45) is 0 Å². The van der Waals surface area contributed by atoms with Crippen LogP contribution in [-0.2, 0) is 42.0 Å². The van der Waals surface area contributed by atoms with Gasteiger partial charge in [-0.1, -0.05) is 36.4 Å². The molecular formula is C34H45FN4O13P2. The maximum Gasteiger partial charge on any atom is 0.459 e. The normalized spacial score (nSPS) is 23.2. The Labute approximate surface area is 311 Å². The van der Waals surface area contributed by atoms with Gasteiger partial charge in [-0.25, -0.2) is 18.3 Å². The zero-order chi connectivity index (χ0) is 39.8. The van der Waals surface area contributed by atoms with Gasteiger partial charge in [0.25, 0.3) is 5.56 Å². The third-order valence-electron chi connectivity index (χ3n) is 7.50. The van der Waals surface area contributed by atoms with Crippen molar-refractivity contribution < 1.29 is 55.4 Å². The van der Waals surface area contributed by atoms with E-state index in [-0.39, 0.29) is 11.5 Å². The second-order valence-corrected chi connectivity index (χ2v) is 16.3. The smallest absolute Gasteiger partial charge is 0.459 e. The minimum atomic E-state index is -4.82. The Balaban J connectivity index is 1.74. The number of aromatic nitrogens is 2. The zero-order valence-electron chi connectivity index (χ0n) is 30.7. The summed E-state index contributed by atoms with van der Waals surface area (Å²) in [5.41, 5.74) is -4.62. The number of hydrogen-bond acceptors (Lipinski definition) is 13. The lowest BCUT2D eigenvalue weighted by molar-refractivity contribution is -0.150. The standard InChI is InChI=1S/C34H45FN4O13P2/c1-21(2)47-30(41)23(5)37-53(44,50-25-14-10-8-11-15-25)46-20-27-29(34(7,35)32(49-27)39-19-18-28(40)36-33(39)43)52-54(45,51-26-16-12-9-13-17-26)38-24(6)31(42)48-22(3)4/h8-19,21-24,27,29,32H,20H2,1-7H3,(H,37,44)(H,38,45)(H,36,40,43)/t23-,24-,27+,29+,32+,34+,53?,54?/m0/s1. The van der Waals surface area contributed by atoms with Crippen LogP contribution in [0.2, 0.25) is 0 Å². The minimum Gasteiger partial charge on any atom is -0.462 e. The maximum absolute atomic E-state index is 17.3. The molecule has 3 aromatic rings. The Morgan fingerprint density at radius 1 is 0.833 bits per heavy atom. The number of alkyl halides is 1. The Kier molecular flexibility index (Phi) is 14.2. The van der Waals surface area contributed by atoms with Crippen molar-refractivity contribution in [3.63, 3.8) is 0 Å². The molecule has 1 aromatic heterocycles. The first kappa shape index (κ1) is 42.6. The fourth-order valence-corrected chi connectivity index (χ4v) is 8.38. The number of nitrogens with zero attached hydrogens (tertiary/aromatic N) is 1. The van der Waals surface area contributed by atoms with E-state index in [0.29, 0.717) is 0 Å². The molecular weight excluding hydrogens is 753 g/mol. The van der Waals surface area contributed by atoms with E-state index < -0.39 is 93.7 Å². The number of para-hydroxylation sites is 2. The van der Waals surface area contributed by atoms with Gasteiger partial charge in [-0.05, 0) is 72.7 Å². The van der Waals surface area contributed by atoms with E-state index in [0.717, 1.165) is 23.8 Å². The van der Waals surface area contributed by atoms with E-state index in [1.165, 1.54) is 38.1 Å². The highest BCUT2D eigenvalue weighted by molar-refractivity contribution is 7.52. The van der Waals surface area contributed by atoms with E-state index in [4.69, 9.17) is 32.3 Å². The molecule has 2 unspecified atom stereocenters. The Hall–Kier alpha value is -4.15. The van der Waals surface area contributed by atoms with Gasteiger partial charge < -0.3 is 23.3 Å². The lowest BCUT2D eigenvalue weighted by Gasteiger charge is -2.32. The molecule has 20 heteroatoms. The average molecular weight is 799 g/mol. The van der Waals surface area contributed by atoms with E-state index in [1.807, 2.05) is 4.98 Å². The fraction of sp³-hybridized carbons (Fsp3) is 0.471. The summed E-state index contributed by atoms with van der Waals surface area (Å²) in [5, 5.41) is 4.99. The fourth-order valence-electron chi connectivity index (χ4n) is 5.10. The van der Waals surface area contributed by atoms with Gasteiger partial charge in [0.2, 0.25) is 0 Å². The quantitative estimate of drug-likeness (QED) is 0.117. The molecule has 296 valence electrons. The number of H-pyrrole nitrogens is 1. The first-order chi connectivity index (χ1) is 25.3. The van der Waals surface area contributed by atoms with Crippen LogP contribution in [0.25, 0.3) is 0 Å². The number of benzene rings is 2. The van der Waals surface area contributed by atoms with Crippen molar-refractivity contribution in [3.05, 3.63) is 93.8 Å². The van der Waals surface area contributed by atoms with Crippen LogP contribution in [0, 0.1) is 0 Å². The van der Waals surface area contributed by atoms with Gasteiger partial charge in [-0.15, -0.1) is 0 Å². The van der Waals surface area contributed by atoms with Crippen molar-refractivity contribution in [1.29, 1.82) is 0 Å². The number of hydrogen-bond donors (Lipinski definition) is 3. The molecule has 1 aliphatic rings. The molecule has 0 aliphatic carbocycles. The number of aromatic amines is 1. The van der Waals surface area contributed by atoms with Gasteiger partial charge >= 0.3 is 33.1 Å². The molecule has 0 radical (unpaired) electrons. The summed E-state index contributed by atoms with van der Waals surface area (Å²) in [7, 11) is -9.40. The molecule has 3 N–H and O–H groups in total. The van der Waals surface area contributed by atoms with Crippen molar-refractivity contribution in [2.75, 3.05) is 6.61 Å². The van der Waals surface area contributed by atoms with Gasteiger partial charge in [0.15, 0.2) is 11.9 Å². The van der Waals surface area contributed by atoms with E-state index in [1.54, 1.807) is 64.1 Å². The Morgan fingerprint density at radius 3 is 1.80 bits per heavy atom. The van der Waals surface area contributed by atoms with E-state index >= 15 is 4.39 Å². The number of carbonyl (C=O) groups is 2. The van der Waals surface area contributed by atoms with E-state index in [9.17, 15) is 28.3 Å². The third kappa shape index (κ3) is 11.4. The number of rotatable bonds is 18. The monoisotopic (exact) mass is 798 g/mol. The summed E-state index contributed by atoms with van der Waals surface area (Å²) in [6, 6.07) is 13.9. The van der Waals surface area contributed by atoms with Crippen LogP contribution in [-0.4, -0.2) is 70.3 Å². The summed E-state index contributed by atoms with van der Waals surface area (Å²) >= 11 is 0. The van der Waals surface area contributed by atoms with Crippen molar-refractivity contribution in [1.82, 2.24) is 19.7 Å². The van der Waals surface area contributed by atoms with Crippen LogP contribution in [0.4, 0.5) is 4.39 Å². The predicted molar refractivity (Wildman–Crippen MR) is 193 cm³/mol. The summed E-state index contributed by atoms with van der Waals surface area (Å²) in [6.45, 7) is 9.30. The average Bonchev–Trinajstić information content (AvgIpc) is 3.32. The van der Waals surface area contributed by atoms with Crippen LogP contribution in [0.3, 0.4) is 0 Å². The van der Waals surface area contributed by atoms with Crippen LogP contribution in [0.15, 0.2) is 82.5 Å². The van der Waals surface area contributed by atoms with Gasteiger partial charge in [0, 0.05) is 12.3 Å². The number of ether oxygens (including phenoxy) is 3. The van der Waals surface area contributed by atoms with Crippen LogP contribution >= 0.6 is 15.5 Å². The van der Waals surface area contributed by atoms with Crippen molar-refractivity contribution >= 4 is 27.4 Å². The highest BCUT2D eigenvalue weighted by Gasteiger charge is 2.60. The first-order valence-corrected chi connectivity index (χ1v) is 20.0. The van der Waals surface area contributed by atoms with Gasteiger partial charge in [0.05, 0.1) is 18.8 Å². The largest absolute Gasteiger partial charge is 0.462 e. The van der Waals surface area contributed by atoms with E-state index in [2.05, 4.69) is 10.2 Å². The molecule has 0 amide bonds. The Bertz CT molecular complexity index is 1940. The highest BCUT2D eigenvalue weighted by atomic mass is 31.2. The second kappa shape index (κ2) is 18.0. The van der Waals surface area contributed by atoms with Gasteiger partial charge in [-0.3, -0.25) is 33.0 Å². The molecule has 0 saturated carbocycles. The predicted octanol–water partition coefficient (Wildman–Crippen LogP) is 4.80. The molecule has 17 nitrogen and oxygen atoms in total. The highest BCUT2D eigenvalue weighted by Crippen LogP contribution is 2.54. The number of halogens is 1. The molecule has 1 saturated heterocycles. The van der Waals surface area contributed by atoms with Crippen molar-refractivity contribution in [2.45, 2.75) is 96.9 Å². The Morgan fingerprint density at radius 2 is 1.31 bits per heavy atom. The lowest BCUT2D eigenvalue weighted by Crippen LogP contribution is -2.46. The number of carbonyl (C=O) groups excluding carboxylic acids is 2.